The van der Waals surface area contributed by atoms with Crippen molar-refractivity contribution in [3.8, 4) is 0 Å². The van der Waals surface area contributed by atoms with E-state index in [0.29, 0.717) is 23.9 Å². The predicted octanol–water partition coefficient (Wildman–Crippen LogP) is 2.95. The Morgan fingerprint density at radius 2 is 1.89 bits per heavy atom. The molecule has 1 aliphatic carbocycles. The third-order valence-corrected chi connectivity index (χ3v) is 3.75. The number of hydrogen-bond donors (Lipinski definition) is 2. The van der Waals surface area contributed by atoms with Gasteiger partial charge in [0.2, 0.25) is 17.2 Å². The zero-order valence-corrected chi connectivity index (χ0v) is 11.7. The molecule has 1 saturated carbocycles. The number of anilines is 2. The molecular formula is C12H20ClN5. The van der Waals surface area contributed by atoms with Crippen molar-refractivity contribution >= 4 is 23.5 Å². The zero-order chi connectivity index (χ0) is 13.0. The van der Waals surface area contributed by atoms with Crippen molar-refractivity contribution in [2.75, 3.05) is 17.7 Å². The summed E-state index contributed by atoms with van der Waals surface area (Å²) in [5, 5.41) is 6.52. The third kappa shape index (κ3) is 3.22. The Morgan fingerprint density at radius 1 is 1.17 bits per heavy atom. The van der Waals surface area contributed by atoms with Crippen LogP contribution < -0.4 is 10.6 Å². The van der Waals surface area contributed by atoms with Crippen molar-refractivity contribution in [1.29, 1.82) is 0 Å². The van der Waals surface area contributed by atoms with Gasteiger partial charge in [0.15, 0.2) is 0 Å². The fourth-order valence-electron chi connectivity index (χ4n) is 2.58. The molecule has 1 aliphatic rings. The minimum absolute atomic E-state index is 0.223. The van der Waals surface area contributed by atoms with Crippen LogP contribution in [0.25, 0.3) is 0 Å². The number of nitrogens with one attached hydrogen (secondary N) is 2. The van der Waals surface area contributed by atoms with E-state index in [4.69, 9.17) is 11.6 Å². The molecule has 0 saturated heterocycles. The van der Waals surface area contributed by atoms with Gasteiger partial charge in [-0.05, 0) is 30.4 Å². The Labute approximate surface area is 113 Å². The molecule has 0 radical (unpaired) electrons. The molecule has 2 rings (SSSR count). The highest BCUT2D eigenvalue weighted by Crippen LogP contribution is 2.28. The fourth-order valence-corrected chi connectivity index (χ4v) is 2.74. The first-order valence-electron chi connectivity index (χ1n) is 6.58. The molecule has 1 fully saturated rings. The summed E-state index contributed by atoms with van der Waals surface area (Å²) >= 11 is 5.87. The Hall–Kier alpha value is -1.10. The molecule has 18 heavy (non-hydrogen) atoms. The standard InChI is InChI=1S/C12H20ClN5/c1-3-8-6-4-5-7-9(8)15-12-17-10(13)16-11(14-2)18-12/h8-9H,3-7H2,1-2H3,(H2,14,15,16,17,18). The Bertz CT molecular complexity index is 398. The summed E-state index contributed by atoms with van der Waals surface area (Å²) in [6.45, 7) is 2.24. The van der Waals surface area contributed by atoms with Gasteiger partial charge in [0.05, 0.1) is 0 Å². The highest BCUT2D eigenvalue weighted by Gasteiger charge is 2.24. The maximum Gasteiger partial charge on any atom is 0.229 e. The average molecular weight is 270 g/mol. The van der Waals surface area contributed by atoms with Crippen molar-refractivity contribution in [1.82, 2.24) is 15.0 Å². The summed E-state index contributed by atoms with van der Waals surface area (Å²) in [5.41, 5.74) is 0. The smallest absolute Gasteiger partial charge is 0.229 e. The van der Waals surface area contributed by atoms with Gasteiger partial charge in [-0.3, -0.25) is 0 Å². The molecule has 0 spiro atoms. The second-order valence-electron chi connectivity index (χ2n) is 4.71. The average Bonchev–Trinajstić information content (AvgIpc) is 2.38. The molecule has 5 nitrogen and oxygen atoms in total. The molecule has 0 aromatic carbocycles. The minimum atomic E-state index is 0.223. The van der Waals surface area contributed by atoms with E-state index in [-0.39, 0.29) is 5.28 Å². The van der Waals surface area contributed by atoms with Crippen LogP contribution in [0.2, 0.25) is 5.28 Å². The molecule has 1 heterocycles. The van der Waals surface area contributed by atoms with E-state index < -0.39 is 0 Å². The van der Waals surface area contributed by atoms with Gasteiger partial charge in [-0.25, -0.2) is 0 Å². The van der Waals surface area contributed by atoms with E-state index in [1.807, 2.05) is 0 Å². The van der Waals surface area contributed by atoms with E-state index in [2.05, 4.69) is 32.5 Å². The Balaban J connectivity index is 2.09. The normalized spacial score (nSPS) is 23.7. The molecule has 2 unspecified atom stereocenters. The van der Waals surface area contributed by atoms with Crippen LogP contribution in [0.4, 0.5) is 11.9 Å². The highest BCUT2D eigenvalue weighted by atomic mass is 35.5. The van der Waals surface area contributed by atoms with E-state index >= 15 is 0 Å². The van der Waals surface area contributed by atoms with Crippen molar-refractivity contribution in [2.45, 2.75) is 45.1 Å². The first-order chi connectivity index (χ1) is 8.72. The lowest BCUT2D eigenvalue weighted by Gasteiger charge is -2.31. The van der Waals surface area contributed by atoms with Crippen molar-refractivity contribution < 1.29 is 0 Å². The van der Waals surface area contributed by atoms with Gasteiger partial charge in [0.1, 0.15) is 0 Å². The van der Waals surface area contributed by atoms with Gasteiger partial charge in [-0.15, -0.1) is 0 Å². The molecule has 100 valence electrons. The van der Waals surface area contributed by atoms with Gasteiger partial charge < -0.3 is 10.6 Å². The topological polar surface area (TPSA) is 62.7 Å². The lowest BCUT2D eigenvalue weighted by Crippen LogP contribution is -2.32. The molecule has 0 aliphatic heterocycles. The van der Waals surface area contributed by atoms with Crippen molar-refractivity contribution in [3.05, 3.63) is 5.28 Å². The van der Waals surface area contributed by atoms with Crippen LogP contribution in [0.5, 0.6) is 0 Å². The predicted molar refractivity (Wildman–Crippen MR) is 74.0 cm³/mol. The van der Waals surface area contributed by atoms with Crippen LogP contribution in [0.3, 0.4) is 0 Å². The minimum Gasteiger partial charge on any atom is -0.357 e. The first-order valence-corrected chi connectivity index (χ1v) is 6.96. The maximum absolute atomic E-state index is 5.87. The quantitative estimate of drug-likeness (QED) is 0.880. The molecule has 1 aromatic rings. The maximum atomic E-state index is 5.87. The van der Waals surface area contributed by atoms with Crippen molar-refractivity contribution in [2.24, 2.45) is 5.92 Å². The fraction of sp³-hybridized carbons (Fsp3) is 0.750. The highest BCUT2D eigenvalue weighted by molar-refractivity contribution is 6.28. The SMILES string of the molecule is CCC1CCCCC1Nc1nc(Cl)nc(NC)n1. The van der Waals surface area contributed by atoms with Gasteiger partial charge in [-0.2, -0.15) is 15.0 Å². The molecule has 2 atom stereocenters. The summed E-state index contributed by atoms with van der Waals surface area (Å²) in [5.74, 6) is 1.78. The van der Waals surface area contributed by atoms with E-state index in [1.54, 1.807) is 7.05 Å². The molecular weight excluding hydrogens is 250 g/mol. The summed E-state index contributed by atoms with van der Waals surface area (Å²) in [7, 11) is 1.77. The number of hydrogen-bond acceptors (Lipinski definition) is 5. The monoisotopic (exact) mass is 269 g/mol. The van der Waals surface area contributed by atoms with E-state index in [9.17, 15) is 0 Å². The Morgan fingerprint density at radius 3 is 2.61 bits per heavy atom. The molecule has 1 aromatic heterocycles. The zero-order valence-electron chi connectivity index (χ0n) is 10.9. The summed E-state index contributed by atoms with van der Waals surface area (Å²) in [6, 6.07) is 0.451. The van der Waals surface area contributed by atoms with Crippen LogP contribution >= 0.6 is 11.6 Å². The van der Waals surface area contributed by atoms with E-state index in [0.717, 1.165) is 0 Å². The summed E-state index contributed by atoms with van der Waals surface area (Å²) in [6.07, 6.45) is 6.25. The van der Waals surface area contributed by atoms with E-state index in [1.165, 1.54) is 32.1 Å². The lowest BCUT2D eigenvalue weighted by atomic mass is 9.83. The van der Waals surface area contributed by atoms with Crippen LogP contribution in [0, 0.1) is 5.92 Å². The molecule has 2 N–H and O–H groups in total. The van der Waals surface area contributed by atoms with Crippen LogP contribution in [0.1, 0.15) is 39.0 Å². The van der Waals surface area contributed by atoms with Gasteiger partial charge >= 0.3 is 0 Å². The Kier molecular flexibility index (Phi) is 4.58. The van der Waals surface area contributed by atoms with Gasteiger partial charge in [0.25, 0.3) is 0 Å². The van der Waals surface area contributed by atoms with Gasteiger partial charge in [0, 0.05) is 13.1 Å². The molecule has 0 amide bonds. The lowest BCUT2D eigenvalue weighted by molar-refractivity contribution is 0.316. The number of aromatic nitrogens is 3. The number of nitrogens with zero attached hydrogens (tertiary/aromatic N) is 3. The van der Waals surface area contributed by atoms with Crippen molar-refractivity contribution in [3.63, 3.8) is 0 Å². The summed E-state index contributed by atoms with van der Waals surface area (Å²) < 4.78 is 0. The van der Waals surface area contributed by atoms with Crippen LogP contribution in [-0.4, -0.2) is 28.0 Å². The molecule has 0 bridgehead atoms. The second-order valence-corrected chi connectivity index (χ2v) is 5.04. The number of halogens is 1. The second kappa shape index (κ2) is 6.18. The molecule has 6 heteroatoms. The van der Waals surface area contributed by atoms with Gasteiger partial charge in [-0.1, -0.05) is 26.2 Å². The third-order valence-electron chi connectivity index (χ3n) is 3.58. The number of rotatable bonds is 4. The van der Waals surface area contributed by atoms with Crippen LogP contribution in [-0.2, 0) is 0 Å². The first kappa shape index (κ1) is 13.3. The van der Waals surface area contributed by atoms with Crippen LogP contribution in [0.15, 0.2) is 0 Å². The largest absolute Gasteiger partial charge is 0.357 e. The summed E-state index contributed by atoms with van der Waals surface area (Å²) in [4.78, 5) is 12.4.